The Balaban J connectivity index is 2.71. The highest BCUT2D eigenvalue weighted by Crippen LogP contribution is 2.24. The number of oxime groups is 1. The van der Waals surface area contributed by atoms with Crippen LogP contribution >= 0.6 is 23.2 Å². The second-order valence-corrected chi connectivity index (χ2v) is 5.57. The van der Waals surface area contributed by atoms with Crippen molar-refractivity contribution < 1.29 is 9.63 Å². The summed E-state index contributed by atoms with van der Waals surface area (Å²) in [5, 5.41) is 7.44. The standard InChI is InChI=1S/C13H17Cl2N3O2/c1-8(19)17-13(2,3)12(16)18-20-7-9-10(14)5-4-6-11(9)15/h4-6H,7H2,1-3H3,(H2,16,18)(H,17,19). The van der Waals surface area contributed by atoms with E-state index in [1.807, 2.05) is 0 Å². The van der Waals surface area contributed by atoms with Crippen molar-refractivity contribution in [1.29, 1.82) is 0 Å². The minimum absolute atomic E-state index is 0.0926. The molecule has 1 rings (SSSR count). The maximum Gasteiger partial charge on any atom is 0.217 e. The maximum absolute atomic E-state index is 11.1. The molecule has 0 aliphatic rings. The highest BCUT2D eigenvalue weighted by atomic mass is 35.5. The first-order valence-corrected chi connectivity index (χ1v) is 6.67. The van der Waals surface area contributed by atoms with Crippen molar-refractivity contribution in [3.8, 4) is 0 Å². The zero-order valence-corrected chi connectivity index (χ0v) is 13.0. The van der Waals surface area contributed by atoms with E-state index in [1.165, 1.54) is 6.92 Å². The topological polar surface area (TPSA) is 76.7 Å². The van der Waals surface area contributed by atoms with E-state index in [-0.39, 0.29) is 18.3 Å². The summed E-state index contributed by atoms with van der Waals surface area (Å²) >= 11 is 12.0. The number of nitrogens with one attached hydrogen (secondary N) is 1. The van der Waals surface area contributed by atoms with Crippen LogP contribution in [-0.2, 0) is 16.2 Å². The highest BCUT2D eigenvalue weighted by Gasteiger charge is 2.24. The van der Waals surface area contributed by atoms with E-state index in [1.54, 1.807) is 32.0 Å². The molecular formula is C13H17Cl2N3O2. The van der Waals surface area contributed by atoms with Gasteiger partial charge in [0.05, 0.1) is 5.54 Å². The van der Waals surface area contributed by atoms with Crippen LogP contribution in [0.4, 0.5) is 0 Å². The Bertz CT molecular complexity index is 510. The van der Waals surface area contributed by atoms with Crippen LogP contribution in [0.3, 0.4) is 0 Å². The third-order valence-corrected chi connectivity index (χ3v) is 3.27. The van der Waals surface area contributed by atoms with Crippen molar-refractivity contribution in [3.05, 3.63) is 33.8 Å². The largest absolute Gasteiger partial charge is 0.389 e. The Kier molecular flexibility index (Phi) is 5.65. The lowest BCUT2D eigenvalue weighted by Gasteiger charge is -2.24. The number of nitrogens with zero attached hydrogens (tertiary/aromatic N) is 1. The summed E-state index contributed by atoms with van der Waals surface area (Å²) < 4.78 is 0. The Labute approximate surface area is 128 Å². The minimum atomic E-state index is -0.796. The van der Waals surface area contributed by atoms with E-state index in [0.29, 0.717) is 15.6 Å². The second-order valence-electron chi connectivity index (χ2n) is 4.76. The number of halogens is 2. The fraction of sp³-hybridized carbons (Fsp3) is 0.385. The van der Waals surface area contributed by atoms with Crippen LogP contribution in [-0.4, -0.2) is 17.3 Å². The molecule has 1 aromatic carbocycles. The molecule has 0 heterocycles. The van der Waals surface area contributed by atoms with Crippen LogP contribution in [0.15, 0.2) is 23.4 Å². The maximum atomic E-state index is 11.1. The summed E-state index contributed by atoms with van der Waals surface area (Å²) in [7, 11) is 0. The zero-order chi connectivity index (χ0) is 15.3. The van der Waals surface area contributed by atoms with E-state index in [0.717, 1.165) is 0 Å². The minimum Gasteiger partial charge on any atom is -0.389 e. The molecule has 0 aromatic heterocycles. The van der Waals surface area contributed by atoms with E-state index in [2.05, 4.69) is 10.5 Å². The predicted molar refractivity (Wildman–Crippen MR) is 80.8 cm³/mol. The van der Waals surface area contributed by atoms with Crippen molar-refractivity contribution in [2.75, 3.05) is 0 Å². The number of amides is 1. The molecule has 0 saturated heterocycles. The first-order valence-electron chi connectivity index (χ1n) is 5.91. The molecule has 0 radical (unpaired) electrons. The third kappa shape index (κ3) is 4.58. The fourth-order valence-corrected chi connectivity index (χ4v) is 1.96. The summed E-state index contributed by atoms with van der Waals surface area (Å²) in [6.07, 6.45) is 0. The van der Waals surface area contributed by atoms with Gasteiger partial charge in [0.1, 0.15) is 6.61 Å². The Hall–Kier alpha value is -1.46. The van der Waals surface area contributed by atoms with Gasteiger partial charge in [0.2, 0.25) is 5.91 Å². The smallest absolute Gasteiger partial charge is 0.217 e. The summed E-state index contributed by atoms with van der Waals surface area (Å²) in [6, 6.07) is 5.16. The average Bonchev–Trinajstić information content (AvgIpc) is 2.31. The van der Waals surface area contributed by atoms with Gasteiger partial charge in [-0.05, 0) is 26.0 Å². The molecule has 7 heteroatoms. The summed E-state index contributed by atoms with van der Waals surface area (Å²) in [6.45, 7) is 4.94. The molecule has 3 N–H and O–H groups in total. The molecule has 110 valence electrons. The molecule has 0 bridgehead atoms. The number of hydrogen-bond acceptors (Lipinski definition) is 3. The predicted octanol–water partition coefficient (Wildman–Crippen LogP) is 2.70. The van der Waals surface area contributed by atoms with Crippen molar-refractivity contribution >= 4 is 34.9 Å². The second kappa shape index (κ2) is 6.81. The van der Waals surface area contributed by atoms with Crippen molar-refractivity contribution in [1.82, 2.24) is 5.32 Å². The molecule has 20 heavy (non-hydrogen) atoms. The normalized spacial score (nSPS) is 12.2. The summed E-state index contributed by atoms with van der Waals surface area (Å²) in [5.41, 5.74) is 5.62. The molecule has 0 spiro atoms. The molecule has 0 saturated carbocycles. The Morgan fingerprint density at radius 3 is 2.45 bits per heavy atom. The molecule has 1 amide bonds. The number of nitrogens with two attached hydrogens (primary N) is 1. The number of benzene rings is 1. The van der Waals surface area contributed by atoms with Gasteiger partial charge in [-0.25, -0.2) is 0 Å². The van der Waals surface area contributed by atoms with Crippen LogP contribution in [0.5, 0.6) is 0 Å². The van der Waals surface area contributed by atoms with Gasteiger partial charge in [-0.3, -0.25) is 4.79 Å². The van der Waals surface area contributed by atoms with Crippen molar-refractivity contribution in [2.24, 2.45) is 10.9 Å². The Morgan fingerprint density at radius 2 is 1.95 bits per heavy atom. The molecule has 0 aliphatic heterocycles. The van der Waals surface area contributed by atoms with Crippen molar-refractivity contribution in [3.63, 3.8) is 0 Å². The van der Waals surface area contributed by atoms with Gasteiger partial charge in [0.15, 0.2) is 5.84 Å². The lowest BCUT2D eigenvalue weighted by atomic mass is 10.0. The van der Waals surface area contributed by atoms with Gasteiger partial charge in [-0.15, -0.1) is 0 Å². The first-order chi connectivity index (χ1) is 9.24. The van der Waals surface area contributed by atoms with Gasteiger partial charge in [0.25, 0.3) is 0 Å². The Morgan fingerprint density at radius 1 is 1.40 bits per heavy atom. The van der Waals surface area contributed by atoms with Crippen LogP contribution in [0.1, 0.15) is 26.3 Å². The van der Waals surface area contributed by atoms with Crippen LogP contribution < -0.4 is 11.1 Å². The number of carbonyl (C=O) groups excluding carboxylic acids is 1. The highest BCUT2D eigenvalue weighted by molar-refractivity contribution is 6.35. The average molecular weight is 318 g/mol. The van der Waals surface area contributed by atoms with Gasteiger partial charge in [-0.1, -0.05) is 34.4 Å². The van der Waals surface area contributed by atoms with Gasteiger partial charge in [0, 0.05) is 22.5 Å². The van der Waals surface area contributed by atoms with E-state index < -0.39 is 5.54 Å². The number of amidine groups is 1. The summed E-state index contributed by atoms with van der Waals surface area (Å²) in [4.78, 5) is 16.2. The number of hydrogen-bond donors (Lipinski definition) is 2. The van der Waals surface area contributed by atoms with Gasteiger partial charge < -0.3 is 15.9 Å². The molecule has 5 nitrogen and oxygen atoms in total. The lowest BCUT2D eigenvalue weighted by Crippen LogP contribution is -2.52. The van der Waals surface area contributed by atoms with Crippen molar-refractivity contribution in [2.45, 2.75) is 32.9 Å². The molecule has 0 fully saturated rings. The summed E-state index contributed by atoms with van der Waals surface area (Å²) in [5.74, 6) is -0.0572. The van der Waals surface area contributed by atoms with E-state index >= 15 is 0 Å². The SMILES string of the molecule is CC(=O)NC(C)(C)/C(N)=N\OCc1c(Cl)cccc1Cl. The quantitative estimate of drug-likeness (QED) is 0.498. The number of rotatable bonds is 5. The molecule has 1 aromatic rings. The molecule has 0 aliphatic carbocycles. The monoisotopic (exact) mass is 317 g/mol. The van der Waals surface area contributed by atoms with Gasteiger partial charge in [-0.2, -0.15) is 0 Å². The zero-order valence-electron chi connectivity index (χ0n) is 11.5. The first kappa shape index (κ1) is 16.6. The third-order valence-electron chi connectivity index (χ3n) is 2.56. The van der Waals surface area contributed by atoms with Crippen LogP contribution in [0.2, 0.25) is 10.0 Å². The van der Waals surface area contributed by atoms with E-state index in [9.17, 15) is 4.79 Å². The van der Waals surface area contributed by atoms with Crippen LogP contribution in [0.25, 0.3) is 0 Å². The molecular weight excluding hydrogens is 301 g/mol. The fourth-order valence-electron chi connectivity index (χ4n) is 1.45. The molecule has 0 unspecified atom stereocenters. The molecule has 0 atom stereocenters. The van der Waals surface area contributed by atoms with E-state index in [4.69, 9.17) is 33.8 Å². The lowest BCUT2D eigenvalue weighted by molar-refractivity contribution is -0.119. The van der Waals surface area contributed by atoms with Gasteiger partial charge >= 0.3 is 0 Å². The van der Waals surface area contributed by atoms with Crippen LogP contribution in [0, 0.1) is 0 Å². The number of carbonyl (C=O) groups is 1.